The first-order valence-electron chi connectivity index (χ1n) is 6.19. The Bertz CT molecular complexity index is 294. The van der Waals surface area contributed by atoms with Crippen LogP contribution in [0.5, 0.6) is 5.75 Å². The molecule has 2 heteroatoms. The molecule has 16 heavy (non-hydrogen) atoms. The second kappa shape index (κ2) is 6.54. The van der Waals surface area contributed by atoms with Gasteiger partial charge in [-0.25, -0.2) is 0 Å². The molecule has 0 bridgehead atoms. The largest absolute Gasteiger partial charge is 0.491 e. The lowest BCUT2D eigenvalue weighted by Crippen LogP contribution is -2.11. The maximum atomic E-state index is 5.95. The van der Waals surface area contributed by atoms with E-state index in [0.717, 1.165) is 25.0 Å². The topological polar surface area (TPSA) is 35.2 Å². The summed E-state index contributed by atoms with van der Waals surface area (Å²) in [7, 11) is 0. The smallest absolute Gasteiger partial charge is 0.119 e. The second-order valence-electron chi connectivity index (χ2n) is 4.30. The number of hydrogen-bond acceptors (Lipinski definition) is 2. The van der Waals surface area contributed by atoms with Crippen LogP contribution in [0.2, 0.25) is 0 Å². The zero-order chi connectivity index (χ0) is 12.0. The molecular weight excluding hydrogens is 198 g/mol. The SMILES string of the molecule is CCCC(C)Oc1ccc(C(N)CC)cc1. The quantitative estimate of drug-likeness (QED) is 0.795. The van der Waals surface area contributed by atoms with Crippen LogP contribution in [-0.2, 0) is 0 Å². The summed E-state index contributed by atoms with van der Waals surface area (Å²) < 4.78 is 5.78. The van der Waals surface area contributed by atoms with Gasteiger partial charge in [0.15, 0.2) is 0 Å². The van der Waals surface area contributed by atoms with E-state index in [0.29, 0.717) is 0 Å². The monoisotopic (exact) mass is 221 g/mol. The average molecular weight is 221 g/mol. The highest BCUT2D eigenvalue weighted by Crippen LogP contribution is 2.19. The van der Waals surface area contributed by atoms with Gasteiger partial charge in [-0.3, -0.25) is 0 Å². The Balaban J connectivity index is 2.57. The van der Waals surface area contributed by atoms with Crippen LogP contribution in [0.4, 0.5) is 0 Å². The van der Waals surface area contributed by atoms with Gasteiger partial charge in [-0.05, 0) is 37.5 Å². The molecule has 0 aliphatic carbocycles. The van der Waals surface area contributed by atoms with Crippen LogP contribution in [0.25, 0.3) is 0 Å². The highest BCUT2D eigenvalue weighted by molar-refractivity contribution is 5.29. The summed E-state index contributed by atoms with van der Waals surface area (Å²) in [6, 6.07) is 8.28. The minimum absolute atomic E-state index is 0.141. The van der Waals surface area contributed by atoms with Crippen LogP contribution in [-0.4, -0.2) is 6.10 Å². The number of ether oxygens (including phenoxy) is 1. The van der Waals surface area contributed by atoms with Gasteiger partial charge in [0.05, 0.1) is 6.10 Å². The molecule has 0 amide bonds. The molecule has 0 aliphatic rings. The van der Waals surface area contributed by atoms with Crippen LogP contribution in [0, 0.1) is 0 Å². The molecule has 1 aromatic carbocycles. The first-order valence-corrected chi connectivity index (χ1v) is 6.19. The Hall–Kier alpha value is -1.02. The molecule has 0 saturated carbocycles. The fraction of sp³-hybridized carbons (Fsp3) is 0.571. The van der Waals surface area contributed by atoms with Gasteiger partial charge < -0.3 is 10.5 Å². The van der Waals surface area contributed by atoms with Gasteiger partial charge in [0.2, 0.25) is 0 Å². The Morgan fingerprint density at radius 2 is 1.81 bits per heavy atom. The van der Waals surface area contributed by atoms with Crippen molar-refractivity contribution in [2.24, 2.45) is 5.73 Å². The summed E-state index contributed by atoms with van der Waals surface area (Å²) in [5.41, 5.74) is 7.13. The minimum Gasteiger partial charge on any atom is -0.491 e. The lowest BCUT2D eigenvalue weighted by Gasteiger charge is -2.15. The molecule has 0 saturated heterocycles. The molecule has 0 fully saturated rings. The molecule has 1 aromatic rings. The molecule has 1 rings (SSSR count). The van der Waals surface area contributed by atoms with Crippen molar-refractivity contribution in [2.45, 2.75) is 52.2 Å². The third-order valence-electron chi connectivity index (χ3n) is 2.78. The van der Waals surface area contributed by atoms with E-state index >= 15 is 0 Å². The lowest BCUT2D eigenvalue weighted by atomic mass is 10.1. The van der Waals surface area contributed by atoms with Crippen LogP contribution >= 0.6 is 0 Å². The Labute approximate surface area is 98.8 Å². The Morgan fingerprint density at radius 3 is 2.31 bits per heavy atom. The van der Waals surface area contributed by atoms with E-state index in [-0.39, 0.29) is 12.1 Å². The van der Waals surface area contributed by atoms with Crippen molar-refractivity contribution in [1.82, 2.24) is 0 Å². The van der Waals surface area contributed by atoms with E-state index in [2.05, 4.69) is 32.9 Å². The summed E-state index contributed by atoms with van der Waals surface area (Å²) in [6.07, 6.45) is 3.50. The fourth-order valence-corrected chi connectivity index (χ4v) is 1.73. The Morgan fingerprint density at radius 1 is 1.19 bits per heavy atom. The van der Waals surface area contributed by atoms with Crippen LogP contribution < -0.4 is 10.5 Å². The summed E-state index contributed by atoms with van der Waals surface area (Å²) >= 11 is 0. The predicted molar refractivity (Wildman–Crippen MR) is 68.7 cm³/mol. The number of hydrogen-bond donors (Lipinski definition) is 1. The molecule has 2 unspecified atom stereocenters. The van der Waals surface area contributed by atoms with Crippen molar-refractivity contribution in [3.8, 4) is 5.75 Å². The van der Waals surface area contributed by atoms with E-state index in [1.54, 1.807) is 0 Å². The van der Waals surface area contributed by atoms with Gasteiger partial charge in [0.25, 0.3) is 0 Å². The normalized spacial score (nSPS) is 14.5. The van der Waals surface area contributed by atoms with Gasteiger partial charge in [-0.15, -0.1) is 0 Å². The van der Waals surface area contributed by atoms with Gasteiger partial charge in [0.1, 0.15) is 5.75 Å². The number of benzene rings is 1. The molecule has 2 N–H and O–H groups in total. The summed E-state index contributed by atoms with van der Waals surface area (Å²) in [6.45, 7) is 6.37. The molecular formula is C14H23NO. The minimum atomic E-state index is 0.141. The molecule has 0 aromatic heterocycles. The van der Waals surface area contributed by atoms with Crippen molar-refractivity contribution in [3.63, 3.8) is 0 Å². The standard InChI is InChI=1S/C14H23NO/c1-4-6-11(3)16-13-9-7-12(8-10-13)14(15)5-2/h7-11,14H,4-6,15H2,1-3H3. The van der Waals surface area contributed by atoms with E-state index in [1.807, 2.05) is 12.1 Å². The van der Waals surface area contributed by atoms with Gasteiger partial charge in [0, 0.05) is 6.04 Å². The third kappa shape index (κ3) is 3.86. The average Bonchev–Trinajstić information content (AvgIpc) is 2.29. The highest BCUT2D eigenvalue weighted by Gasteiger charge is 2.05. The zero-order valence-electron chi connectivity index (χ0n) is 10.6. The first-order chi connectivity index (χ1) is 7.67. The van der Waals surface area contributed by atoms with Crippen molar-refractivity contribution in [2.75, 3.05) is 0 Å². The van der Waals surface area contributed by atoms with Gasteiger partial charge >= 0.3 is 0 Å². The zero-order valence-corrected chi connectivity index (χ0v) is 10.6. The van der Waals surface area contributed by atoms with E-state index in [9.17, 15) is 0 Å². The second-order valence-corrected chi connectivity index (χ2v) is 4.30. The van der Waals surface area contributed by atoms with Gasteiger partial charge in [-0.1, -0.05) is 32.4 Å². The van der Waals surface area contributed by atoms with Crippen molar-refractivity contribution < 1.29 is 4.74 Å². The summed E-state index contributed by atoms with van der Waals surface area (Å²) in [5, 5.41) is 0. The third-order valence-corrected chi connectivity index (χ3v) is 2.78. The maximum Gasteiger partial charge on any atom is 0.119 e. The van der Waals surface area contributed by atoms with E-state index in [4.69, 9.17) is 10.5 Å². The number of rotatable bonds is 6. The molecule has 2 nitrogen and oxygen atoms in total. The van der Waals surface area contributed by atoms with E-state index < -0.39 is 0 Å². The molecule has 0 heterocycles. The highest BCUT2D eigenvalue weighted by atomic mass is 16.5. The maximum absolute atomic E-state index is 5.95. The predicted octanol–water partition coefficient (Wildman–Crippen LogP) is 3.66. The molecule has 90 valence electrons. The van der Waals surface area contributed by atoms with Crippen molar-refractivity contribution >= 4 is 0 Å². The Kier molecular flexibility index (Phi) is 5.33. The van der Waals surface area contributed by atoms with Crippen molar-refractivity contribution in [1.29, 1.82) is 0 Å². The molecule has 2 atom stereocenters. The van der Waals surface area contributed by atoms with Crippen LogP contribution in [0.15, 0.2) is 24.3 Å². The lowest BCUT2D eigenvalue weighted by molar-refractivity contribution is 0.210. The van der Waals surface area contributed by atoms with Crippen LogP contribution in [0.3, 0.4) is 0 Å². The van der Waals surface area contributed by atoms with Crippen molar-refractivity contribution in [3.05, 3.63) is 29.8 Å². The summed E-state index contributed by atoms with van der Waals surface area (Å²) in [5.74, 6) is 0.938. The molecule has 0 aliphatic heterocycles. The molecule has 0 radical (unpaired) electrons. The summed E-state index contributed by atoms with van der Waals surface area (Å²) in [4.78, 5) is 0. The van der Waals surface area contributed by atoms with Crippen LogP contribution in [0.1, 0.15) is 51.6 Å². The van der Waals surface area contributed by atoms with Gasteiger partial charge in [-0.2, -0.15) is 0 Å². The number of nitrogens with two attached hydrogens (primary N) is 1. The first kappa shape index (κ1) is 13.0. The molecule has 0 spiro atoms. The fourth-order valence-electron chi connectivity index (χ4n) is 1.73. The van der Waals surface area contributed by atoms with E-state index in [1.165, 1.54) is 5.56 Å².